The van der Waals surface area contributed by atoms with E-state index in [1.54, 1.807) is 30.3 Å². The van der Waals surface area contributed by atoms with Crippen LogP contribution in [0, 0.1) is 11.6 Å². The largest absolute Gasteiger partial charge is 0.505 e. The second kappa shape index (κ2) is 9.57. The summed E-state index contributed by atoms with van der Waals surface area (Å²) >= 11 is 6.01. The van der Waals surface area contributed by atoms with E-state index in [2.05, 4.69) is 0 Å². The van der Waals surface area contributed by atoms with Crippen molar-refractivity contribution in [2.45, 2.75) is 4.90 Å². The molecular formula is C23H19ClF2N2O5S. The van der Waals surface area contributed by atoms with Gasteiger partial charge >= 0.3 is 0 Å². The molecular weight excluding hydrogens is 490 g/mol. The van der Waals surface area contributed by atoms with Crippen molar-refractivity contribution in [3.63, 3.8) is 0 Å². The molecule has 0 saturated carbocycles. The lowest BCUT2D eigenvalue weighted by atomic mass is 10.0. The second-order valence-electron chi connectivity index (χ2n) is 7.49. The molecule has 0 aromatic heterocycles. The molecule has 7 nitrogen and oxygen atoms in total. The number of halogens is 3. The first kappa shape index (κ1) is 23.9. The molecule has 0 radical (unpaired) electrons. The topological polar surface area (TPSA) is 95.9 Å². The van der Waals surface area contributed by atoms with E-state index >= 15 is 0 Å². The highest BCUT2D eigenvalue weighted by atomic mass is 35.5. The maximum absolute atomic E-state index is 14.5. The number of amides is 1. The van der Waals surface area contributed by atoms with E-state index in [1.165, 1.54) is 4.90 Å². The minimum atomic E-state index is -4.63. The highest BCUT2D eigenvalue weighted by Gasteiger charge is 2.27. The van der Waals surface area contributed by atoms with Crippen LogP contribution in [-0.4, -0.2) is 50.6 Å². The molecule has 3 aromatic rings. The average Bonchev–Trinajstić information content (AvgIpc) is 2.83. The molecule has 11 heteroatoms. The van der Waals surface area contributed by atoms with Gasteiger partial charge in [-0.15, -0.1) is 0 Å². The third-order valence-corrected chi connectivity index (χ3v) is 6.92. The zero-order chi connectivity index (χ0) is 24.5. The number of hydrogen-bond acceptors (Lipinski definition) is 5. The van der Waals surface area contributed by atoms with Crippen LogP contribution in [0.25, 0.3) is 11.1 Å². The Morgan fingerprint density at radius 1 is 1.03 bits per heavy atom. The molecule has 1 amide bonds. The standard InChI is InChI=1S/C23H19ClF2N2O5S/c24-17-10-15(23(30)28-6-8-33-9-7-28)11-21(22(17)29)34(31,32)27-20-12-16(18(25)13-19(20)26)14-4-2-1-3-5-14/h1-5,10-13,27,29H,6-9H2. The monoisotopic (exact) mass is 508 g/mol. The third kappa shape index (κ3) is 4.84. The SMILES string of the molecule is O=C(c1cc(Cl)c(O)c(S(=O)(=O)Nc2cc(-c3ccccc3)c(F)cc2F)c1)N1CCOCC1. The lowest BCUT2D eigenvalue weighted by molar-refractivity contribution is 0.0302. The molecule has 1 aliphatic heterocycles. The number of ether oxygens (including phenoxy) is 1. The van der Waals surface area contributed by atoms with Crippen molar-refractivity contribution in [3.05, 3.63) is 76.8 Å². The van der Waals surface area contributed by atoms with Crippen molar-refractivity contribution >= 4 is 33.2 Å². The molecule has 34 heavy (non-hydrogen) atoms. The van der Waals surface area contributed by atoms with Gasteiger partial charge in [0.2, 0.25) is 0 Å². The van der Waals surface area contributed by atoms with Gasteiger partial charge in [0.25, 0.3) is 15.9 Å². The van der Waals surface area contributed by atoms with Crippen LogP contribution in [0.5, 0.6) is 5.75 Å². The highest BCUT2D eigenvalue weighted by molar-refractivity contribution is 7.92. The molecule has 0 aliphatic carbocycles. The summed E-state index contributed by atoms with van der Waals surface area (Å²) < 4.78 is 62.3. The molecule has 0 spiro atoms. The number of nitrogens with zero attached hydrogens (tertiary/aromatic N) is 1. The fourth-order valence-electron chi connectivity index (χ4n) is 3.52. The molecule has 0 bridgehead atoms. The molecule has 178 valence electrons. The van der Waals surface area contributed by atoms with Crippen molar-refractivity contribution in [1.82, 2.24) is 4.90 Å². The highest BCUT2D eigenvalue weighted by Crippen LogP contribution is 2.35. The Labute approximate surface area is 199 Å². The zero-order valence-corrected chi connectivity index (χ0v) is 19.2. The summed E-state index contributed by atoms with van der Waals surface area (Å²) in [5, 5.41) is 9.95. The van der Waals surface area contributed by atoms with Crippen molar-refractivity contribution in [1.29, 1.82) is 0 Å². The summed E-state index contributed by atoms with van der Waals surface area (Å²) in [6, 6.07) is 11.9. The number of carbonyl (C=O) groups is 1. The van der Waals surface area contributed by atoms with Crippen LogP contribution in [0.4, 0.5) is 14.5 Å². The Morgan fingerprint density at radius 2 is 1.71 bits per heavy atom. The lowest BCUT2D eigenvalue weighted by Gasteiger charge is -2.27. The van der Waals surface area contributed by atoms with E-state index in [9.17, 15) is 27.1 Å². The number of anilines is 1. The Bertz CT molecular complexity index is 1350. The van der Waals surface area contributed by atoms with Gasteiger partial charge in [-0.2, -0.15) is 0 Å². The van der Waals surface area contributed by atoms with Gasteiger partial charge in [0.05, 0.1) is 23.9 Å². The number of phenolic OH excluding ortho intramolecular Hbond substituents is 1. The molecule has 0 atom stereocenters. The molecule has 1 saturated heterocycles. The number of sulfonamides is 1. The first-order valence-electron chi connectivity index (χ1n) is 10.1. The fourth-order valence-corrected chi connectivity index (χ4v) is 4.99. The van der Waals surface area contributed by atoms with Crippen LogP contribution in [-0.2, 0) is 14.8 Å². The summed E-state index contributed by atoms with van der Waals surface area (Å²) in [7, 11) is -4.63. The van der Waals surface area contributed by atoms with Gasteiger partial charge in [0, 0.05) is 30.3 Å². The summed E-state index contributed by atoms with van der Waals surface area (Å²) in [6.45, 7) is 1.27. The maximum Gasteiger partial charge on any atom is 0.265 e. The van der Waals surface area contributed by atoms with E-state index in [0.717, 1.165) is 18.2 Å². The minimum absolute atomic E-state index is 0.0294. The molecule has 1 fully saturated rings. The lowest BCUT2D eigenvalue weighted by Crippen LogP contribution is -2.40. The van der Waals surface area contributed by atoms with Crippen LogP contribution in [0.1, 0.15) is 10.4 Å². The molecule has 1 heterocycles. The van der Waals surface area contributed by atoms with Gasteiger partial charge in [0.1, 0.15) is 16.5 Å². The number of aromatic hydroxyl groups is 1. The van der Waals surface area contributed by atoms with Gasteiger partial charge < -0.3 is 14.7 Å². The minimum Gasteiger partial charge on any atom is -0.505 e. The van der Waals surface area contributed by atoms with Gasteiger partial charge in [-0.3, -0.25) is 9.52 Å². The first-order valence-corrected chi connectivity index (χ1v) is 12.0. The summed E-state index contributed by atoms with van der Waals surface area (Å²) in [5.41, 5.74) is -0.238. The number of morpholine rings is 1. The molecule has 2 N–H and O–H groups in total. The molecule has 0 unspecified atom stereocenters. The maximum atomic E-state index is 14.5. The number of carbonyl (C=O) groups excluding carboxylic acids is 1. The van der Waals surface area contributed by atoms with E-state index in [0.29, 0.717) is 37.9 Å². The predicted octanol–water partition coefficient (Wildman–Crippen LogP) is 4.26. The van der Waals surface area contributed by atoms with E-state index < -0.39 is 43.9 Å². The molecule has 4 rings (SSSR count). The number of hydrogen-bond donors (Lipinski definition) is 2. The first-order chi connectivity index (χ1) is 16.2. The smallest absolute Gasteiger partial charge is 0.265 e. The van der Waals surface area contributed by atoms with Crippen molar-refractivity contribution in [2.75, 3.05) is 31.0 Å². The van der Waals surface area contributed by atoms with E-state index in [4.69, 9.17) is 16.3 Å². The second-order valence-corrected chi connectivity index (χ2v) is 9.55. The molecule has 1 aliphatic rings. The summed E-state index contributed by atoms with van der Waals surface area (Å²) in [5.74, 6) is -3.35. The number of benzene rings is 3. The number of phenols is 1. The predicted molar refractivity (Wildman–Crippen MR) is 122 cm³/mol. The third-order valence-electron chi connectivity index (χ3n) is 5.25. The Morgan fingerprint density at radius 3 is 2.38 bits per heavy atom. The van der Waals surface area contributed by atoms with Crippen molar-refractivity contribution < 1.29 is 31.8 Å². The Kier molecular flexibility index (Phi) is 6.74. The van der Waals surface area contributed by atoms with E-state index in [-0.39, 0.29) is 16.1 Å². The van der Waals surface area contributed by atoms with Crippen molar-refractivity contribution in [3.8, 4) is 16.9 Å². The molecule has 3 aromatic carbocycles. The zero-order valence-electron chi connectivity index (χ0n) is 17.6. The number of rotatable bonds is 5. The summed E-state index contributed by atoms with van der Waals surface area (Å²) in [6.07, 6.45) is 0. The average molecular weight is 509 g/mol. The van der Waals surface area contributed by atoms with Gasteiger partial charge in [-0.25, -0.2) is 17.2 Å². The normalized spacial score (nSPS) is 14.1. The Hall–Kier alpha value is -3.21. The van der Waals surface area contributed by atoms with Gasteiger partial charge in [-0.05, 0) is 23.8 Å². The van der Waals surface area contributed by atoms with Gasteiger partial charge in [-0.1, -0.05) is 41.9 Å². The van der Waals surface area contributed by atoms with Crippen LogP contribution < -0.4 is 4.72 Å². The summed E-state index contributed by atoms with van der Waals surface area (Å²) in [4.78, 5) is 13.5. The Balaban J connectivity index is 1.71. The fraction of sp³-hybridized carbons (Fsp3) is 0.174. The van der Waals surface area contributed by atoms with Crippen LogP contribution in [0.15, 0.2) is 59.5 Å². The van der Waals surface area contributed by atoms with Crippen LogP contribution in [0.2, 0.25) is 5.02 Å². The number of nitrogens with one attached hydrogen (secondary N) is 1. The van der Waals surface area contributed by atoms with Crippen molar-refractivity contribution in [2.24, 2.45) is 0 Å². The quantitative estimate of drug-likeness (QED) is 0.537. The van der Waals surface area contributed by atoms with E-state index in [1.807, 2.05) is 4.72 Å². The van der Waals surface area contributed by atoms with Crippen LogP contribution >= 0.6 is 11.6 Å². The van der Waals surface area contributed by atoms with Gasteiger partial charge in [0.15, 0.2) is 5.75 Å². The van der Waals surface area contributed by atoms with Crippen LogP contribution in [0.3, 0.4) is 0 Å².